The SMILES string of the molecule is CCNC(=NCCCCN1CCN(CC)CC1)NC1CCN(c2ccccc2)C1.I. The molecule has 3 rings (SSSR count). The Balaban J connectivity index is 0.00000320. The summed E-state index contributed by atoms with van der Waals surface area (Å²) in [5.74, 6) is 0.976. The zero-order chi connectivity index (χ0) is 20.3. The Hall–Kier alpha value is -1.06. The molecule has 1 atom stereocenters. The molecule has 0 bridgehead atoms. The number of aliphatic imine (C=N–C) groups is 1. The highest BCUT2D eigenvalue weighted by Crippen LogP contribution is 2.19. The number of unbranched alkanes of at least 4 members (excludes halogenated alkanes) is 1. The van der Waals surface area contributed by atoms with Gasteiger partial charge in [0.05, 0.1) is 0 Å². The molecule has 1 aromatic rings. The summed E-state index contributed by atoms with van der Waals surface area (Å²) in [6.45, 7) is 15.6. The van der Waals surface area contributed by atoms with Gasteiger partial charge in [-0.05, 0) is 51.4 Å². The molecule has 1 aromatic carbocycles. The number of nitrogens with zero attached hydrogens (tertiary/aromatic N) is 4. The van der Waals surface area contributed by atoms with Crippen molar-refractivity contribution in [1.82, 2.24) is 20.4 Å². The van der Waals surface area contributed by atoms with Crippen molar-refractivity contribution in [3.63, 3.8) is 0 Å². The number of guanidine groups is 1. The van der Waals surface area contributed by atoms with Crippen LogP contribution in [0.2, 0.25) is 0 Å². The highest BCUT2D eigenvalue weighted by molar-refractivity contribution is 14.0. The van der Waals surface area contributed by atoms with Crippen molar-refractivity contribution in [3.8, 4) is 0 Å². The Bertz CT molecular complexity index is 603. The van der Waals surface area contributed by atoms with Crippen molar-refractivity contribution in [2.45, 2.75) is 39.2 Å². The summed E-state index contributed by atoms with van der Waals surface area (Å²) in [7, 11) is 0. The number of para-hydroxylation sites is 1. The van der Waals surface area contributed by atoms with Gasteiger partial charge in [0.2, 0.25) is 0 Å². The molecule has 6 nitrogen and oxygen atoms in total. The van der Waals surface area contributed by atoms with E-state index in [1.54, 1.807) is 0 Å². The van der Waals surface area contributed by atoms with E-state index in [2.05, 4.69) is 69.5 Å². The fraction of sp³-hybridized carbons (Fsp3) is 0.696. The first-order valence-corrected chi connectivity index (χ1v) is 11.6. The average molecular weight is 529 g/mol. The maximum atomic E-state index is 4.83. The molecule has 2 heterocycles. The van der Waals surface area contributed by atoms with Crippen LogP contribution in [-0.4, -0.2) is 87.2 Å². The molecule has 0 saturated carbocycles. The topological polar surface area (TPSA) is 46.1 Å². The van der Waals surface area contributed by atoms with Gasteiger partial charge in [-0.25, -0.2) is 0 Å². The van der Waals surface area contributed by atoms with Crippen molar-refractivity contribution in [1.29, 1.82) is 0 Å². The third-order valence-corrected chi connectivity index (χ3v) is 6.06. The lowest BCUT2D eigenvalue weighted by Gasteiger charge is -2.33. The number of likely N-dealkylation sites (N-methyl/N-ethyl adjacent to an activating group) is 1. The lowest BCUT2D eigenvalue weighted by atomic mass is 10.2. The van der Waals surface area contributed by atoms with Crippen LogP contribution in [0.15, 0.2) is 35.3 Å². The standard InChI is InChI=1S/C23H40N6.HI/c1-3-24-23(25-13-8-9-14-28-18-16-27(4-2)17-19-28)26-21-12-15-29(20-21)22-10-6-5-7-11-22;/h5-7,10-11,21H,3-4,8-9,12-20H2,1-2H3,(H2,24,25,26);1H. The summed E-state index contributed by atoms with van der Waals surface area (Å²) in [6, 6.07) is 11.2. The maximum Gasteiger partial charge on any atom is 0.191 e. The molecule has 0 spiro atoms. The summed E-state index contributed by atoms with van der Waals surface area (Å²) in [5, 5.41) is 7.07. The van der Waals surface area contributed by atoms with E-state index >= 15 is 0 Å². The van der Waals surface area contributed by atoms with Gasteiger partial charge in [-0.1, -0.05) is 25.1 Å². The molecule has 2 aliphatic rings. The van der Waals surface area contributed by atoms with Gasteiger partial charge in [-0.2, -0.15) is 0 Å². The second-order valence-corrected chi connectivity index (χ2v) is 8.16. The first kappa shape index (κ1) is 25.2. The zero-order valence-electron chi connectivity index (χ0n) is 18.9. The highest BCUT2D eigenvalue weighted by atomic mass is 127. The summed E-state index contributed by atoms with van der Waals surface area (Å²) in [5.41, 5.74) is 1.32. The third-order valence-electron chi connectivity index (χ3n) is 6.06. The molecule has 30 heavy (non-hydrogen) atoms. The molecular weight excluding hydrogens is 487 g/mol. The minimum atomic E-state index is 0. The Kier molecular flexibility index (Phi) is 11.8. The summed E-state index contributed by atoms with van der Waals surface area (Å²) < 4.78 is 0. The van der Waals surface area contributed by atoms with Gasteiger partial charge >= 0.3 is 0 Å². The van der Waals surface area contributed by atoms with Crippen LogP contribution in [0.3, 0.4) is 0 Å². The number of benzene rings is 1. The smallest absolute Gasteiger partial charge is 0.191 e. The Morgan fingerprint density at radius 2 is 1.73 bits per heavy atom. The van der Waals surface area contributed by atoms with Crippen molar-refractivity contribution in [2.75, 3.05) is 70.3 Å². The number of anilines is 1. The van der Waals surface area contributed by atoms with E-state index in [0.29, 0.717) is 6.04 Å². The molecule has 2 fully saturated rings. The van der Waals surface area contributed by atoms with Crippen LogP contribution in [0.1, 0.15) is 33.1 Å². The van der Waals surface area contributed by atoms with Gasteiger partial charge in [0.25, 0.3) is 0 Å². The van der Waals surface area contributed by atoms with Crippen molar-refractivity contribution >= 4 is 35.6 Å². The Labute approximate surface area is 200 Å². The Morgan fingerprint density at radius 1 is 1.00 bits per heavy atom. The second-order valence-electron chi connectivity index (χ2n) is 8.16. The van der Waals surface area contributed by atoms with Crippen LogP contribution in [0.4, 0.5) is 5.69 Å². The van der Waals surface area contributed by atoms with E-state index in [1.807, 2.05) is 0 Å². The van der Waals surface area contributed by atoms with E-state index in [4.69, 9.17) is 4.99 Å². The third kappa shape index (κ3) is 8.23. The fourth-order valence-electron chi connectivity index (χ4n) is 4.23. The number of halogens is 1. The quantitative estimate of drug-likeness (QED) is 0.224. The lowest BCUT2D eigenvalue weighted by molar-refractivity contribution is 0.136. The van der Waals surface area contributed by atoms with Crippen LogP contribution < -0.4 is 15.5 Å². The summed E-state index contributed by atoms with van der Waals surface area (Å²) in [4.78, 5) is 12.4. The highest BCUT2D eigenvalue weighted by Gasteiger charge is 2.23. The van der Waals surface area contributed by atoms with Crippen LogP contribution in [0.5, 0.6) is 0 Å². The number of rotatable bonds is 9. The molecule has 2 aliphatic heterocycles. The molecule has 1 unspecified atom stereocenters. The minimum Gasteiger partial charge on any atom is -0.369 e. The molecule has 2 saturated heterocycles. The van der Waals surface area contributed by atoms with Gasteiger partial charge in [0, 0.05) is 64.1 Å². The largest absolute Gasteiger partial charge is 0.369 e. The molecular formula is C23H41IN6. The predicted molar refractivity (Wildman–Crippen MR) is 139 cm³/mol. The number of piperazine rings is 1. The molecule has 170 valence electrons. The zero-order valence-corrected chi connectivity index (χ0v) is 21.2. The molecule has 0 amide bonds. The van der Waals surface area contributed by atoms with E-state index < -0.39 is 0 Å². The van der Waals surface area contributed by atoms with E-state index in [-0.39, 0.29) is 24.0 Å². The minimum absolute atomic E-state index is 0. The monoisotopic (exact) mass is 528 g/mol. The van der Waals surface area contributed by atoms with Gasteiger partial charge in [0.15, 0.2) is 5.96 Å². The molecule has 2 N–H and O–H groups in total. The van der Waals surface area contributed by atoms with Crippen LogP contribution in [-0.2, 0) is 0 Å². The van der Waals surface area contributed by atoms with E-state index in [0.717, 1.165) is 45.0 Å². The first-order chi connectivity index (χ1) is 14.3. The van der Waals surface area contributed by atoms with E-state index in [1.165, 1.54) is 51.4 Å². The maximum absolute atomic E-state index is 4.83. The van der Waals surface area contributed by atoms with E-state index in [9.17, 15) is 0 Å². The average Bonchev–Trinajstić information content (AvgIpc) is 3.23. The van der Waals surface area contributed by atoms with Crippen LogP contribution in [0, 0.1) is 0 Å². The van der Waals surface area contributed by atoms with Crippen LogP contribution in [0.25, 0.3) is 0 Å². The molecule has 0 aliphatic carbocycles. The van der Waals surface area contributed by atoms with Crippen molar-refractivity contribution in [3.05, 3.63) is 30.3 Å². The molecule has 0 aromatic heterocycles. The fourth-order valence-corrected chi connectivity index (χ4v) is 4.23. The first-order valence-electron chi connectivity index (χ1n) is 11.6. The normalized spacial score (nSPS) is 20.8. The van der Waals surface area contributed by atoms with Crippen LogP contribution >= 0.6 is 24.0 Å². The van der Waals surface area contributed by atoms with Crippen molar-refractivity contribution < 1.29 is 0 Å². The lowest BCUT2D eigenvalue weighted by Crippen LogP contribution is -2.46. The predicted octanol–water partition coefficient (Wildman–Crippen LogP) is 2.86. The number of hydrogen-bond donors (Lipinski definition) is 2. The molecule has 7 heteroatoms. The van der Waals surface area contributed by atoms with Gasteiger partial charge < -0.3 is 25.3 Å². The van der Waals surface area contributed by atoms with Crippen molar-refractivity contribution in [2.24, 2.45) is 4.99 Å². The summed E-state index contributed by atoms with van der Waals surface area (Å²) in [6.07, 6.45) is 3.55. The van der Waals surface area contributed by atoms with Gasteiger partial charge in [-0.15, -0.1) is 24.0 Å². The molecule has 0 radical (unpaired) electrons. The number of hydrogen-bond acceptors (Lipinski definition) is 4. The number of nitrogens with one attached hydrogen (secondary N) is 2. The second kappa shape index (κ2) is 14.1. The summed E-state index contributed by atoms with van der Waals surface area (Å²) >= 11 is 0. The van der Waals surface area contributed by atoms with Gasteiger partial charge in [0.1, 0.15) is 0 Å². The van der Waals surface area contributed by atoms with Gasteiger partial charge in [-0.3, -0.25) is 4.99 Å². The Morgan fingerprint density at radius 3 is 2.43 bits per heavy atom.